The van der Waals surface area contributed by atoms with Crippen molar-refractivity contribution >= 4 is 11.8 Å². The molecule has 3 heteroatoms. The van der Waals surface area contributed by atoms with E-state index in [1.54, 1.807) is 13.8 Å². The van der Waals surface area contributed by atoms with Gasteiger partial charge in [0.2, 0.25) is 0 Å². The Kier molecular flexibility index (Phi) is 10.5. The van der Waals surface area contributed by atoms with E-state index >= 15 is 0 Å². The van der Waals surface area contributed by atoms with Crippen LogP contribution in [0.25, 0.3) is 0 Å². The normalized spacial score (nSPS) is 12.8. The molecule has 0 amide bonds. The lowest BCUT2D eigenvalue weighted by atomic mass is 9.95. The highest BCUT2D eigenvalue weighted by molar-refractivity contribution is 5.82. The number of carbonyl (C=O) groups is 2. The van der Waals surface area contributed by atoms with E-state index in [2.05, 4.69) is 52.0 Å². The molecule has 0 aliphatic carbocycles. The zero-order valence-corrected chi connectivity index (χ0v) is 19.6. The lowest BCUT2D eigenvalue weighted by Gasteiger charge is -2.10. The molecule has 2 aromatic rings. The SMILES string of the molecule is CC(=O)[C@@H](C)c1ccc(CC(C)C)cc1.CC(C)Cc1ccc([C@@H](C)C(=O)O)cc1. The fraction of sp³-hybridized carbons (Fsp3) is 0.481. The summed E-state index contributed by atoms with van der Waals surface area (Å²) in [5.74, 6) is 0.378. The minimum atomic E-state index is -0.772. The summed E-state index contributed by atoms with van der Waals surface area (Å²) in [4.78, 5) is 22.0. The number of ketones is 1. The van der Waals surface area contributed by atoms with Gasteiger partial charge in [0, 0.05) is 5.92 Å². The smallest absolute Gasteiger partial charge is 0.310 e. The Morgan fingerprint density at radius 2 is 1.00 bits per heavy atom. The second kappa shape index (κ2) is 12.3. The summed E-state index contributed by atoms with van der Waals surface area (Å²) in [7, 11) is 0. The number of carbonyl (C=O) groups excluding carboxylic acids is 1. The molecule has 0 radical (unpaired) electrons. The molecule has 2 rings (SSSR count). The Morgan fingerprint density at radius 1 is 0.667 bits per heavy atom. The highest BCUT2D eigenvalue weighted by Gasteiger charge is 2.13. The Morgan fingerprint density at radius 3 is 1.27 bits per heavy atom. The van der Waals surface area contributed by atoms with Crippen molar-refractivity contribution in [2.45, 2.75) is 73.1 Å². The van der Waals surface area contributed by atoms with Crippen molar-refractivity contribution in [2.24, 2.45) is 11.8 Å². The number of Topliss-reactive ketones (excluding diaryl/α,β-unsaturated/α-hetero) is 1. The molecule has 0 heterocycles. The summed E-state index contributed by atoms with van der Waals surface area (Å²) in [6.07, 6.45) is 2.15. The van der Waals surface area contributed by atoms with Crippen molar-refractivity contribution in [1.82, 2.24) is 0 Å². The maximum atomic E-state index is 11.2. The molecule has 0 spiro atoms. The van der Waals surface area contributed by atoms with Gasteiger partial charge in [-0.1, -0.05) is 83.1 Å². The molecular formula is C27H38O3. The zero-order valence-electron chi connectivity index (χ0n) is 19.6. The zero-order chi connectivity index (χ0) is 22.8. The van der Waals surface area contributed by atoms with Gasteiger partial charge in [-0.3, -0.25) is 9.59 Å². The van der Waals surface area contributed by atoms with Crippen LogP contribution in [0.15, 0.2) is 48.5 Å². The van der Waals surface area contributed by atoms with Crippen molar-refractivity contribution in [2.75, 3.05) is 0 Å². The average Bonchev–Trinajstić information content (AvgIpc) is 2.67. The number of hydrogen-bond donors (Lipinski definition) is 1. The number of benzene rings is 2. The second-order valence-corrected chi connectivity index (χ2v) is 9.07. The predicted molar refractivity (Wildman–Crippen MR) is 125 cm³/mol. The topological polar surface area (TPSA) is 54.4 Å². The number of carboxylic acid groups (broad SMARTS) is 1. The molecule has 2 atom stereocenters. The molecule has 0 aliphatic rings. The highest BCUT2D eigenvalue weighted by atomic mass is 16.4. The van der Waals surface area contributed by atoms with Crippen molar-refractivity contribution in [3.05, 3.63) is 70.8 Å². The standard InChI is InChI=1S/C14H20O.C13H18O2/c1-10(2)9-13-5-7-14(8-6-13)11(3)12(4)15;1-9(2)8-11-4-6-12(7-5-11)10(3)13(14)15/h5-8,10-11H,9H2,1-4H3;4-7,9-10H,8H2,1-3H3,(H,14,15)/t11-;10-/m11/s1. The van der Waals surface area contributed by atoms with E-state index in [-0.39, 0.29) is 11.7 Å². The van der Waals surface area contributed by atoms with Gasteiger partial charge in [-0.05, 0) is 60.8 Å². The van der Waals surface area contributed by atoms with E-state index in [0.29, 0.717) is 11.8 Å². The Balaban J connectivity index is 0.000000300. The quantitative estimate of drug-likeness (QED) is 0.530. The van der Waals surface area contributed by atoms with Crippen molar-refractivity contribution < 1.29 is 14.7 Å². The molecule has 0 saturated carbocycles. The maximum absolute atomic E-state index is 11.2. The van der Waals surface area contributed by atoms with Gasteiger partial charge in [0.15, 0.2) is 0 Å². The molecule has 3 nitrogen and oxygen atoms in total. The second-order valence-electron chi connectivity index (χ2n) is 9.07. The van der Waals surface area contributed by atoms with E-state index in [1.807, 2.05) is 31.2 Å². The van der Waals surface area contributed by atoms with Crippen LogP contribution in [-0.4, -0.2) is 16.9 Å². The molecule has 164 valence electrons. The van der Waals surface area contributed by atoms with Crippen LogP contribution in [0, 0.1) is 11.8 Å². The molecule has 0 aromatic heterocycles. The average molecular weight is 411 g/mol. The Bertz CT molecular complexity index is 716. The van der Waals surface area contributed by atoms with Crippen molar-refractivity contribution in [3.8, 4) is 0 Å². The number of carboxylic acids is 1. The third kappa shape index (κ3) is 8.94. The first kappa shape index (κ1) is 25.6. The Hall–Kier alpha value is -2.42. The minimum absolute atomic E-state index is 0.0260. The van der Waals surface area contributed by atoms with Crippen LogP contribution < -0.4 is 0 Å². The van der Waals surface area contributed by atoms with Crippen LogP contribution >= 0.6 is 0 Å². The molecule has 0 unspecified atom stereocenters. The molecule has 2 aromatic carbocycles. The van der Waals surface area contributed by atoms with Gasteiger partial charge in [0.25, 0.3) is 0 Å². The lowest BCUT2D eigenvalue weighted by molar-refractivity contribution is -0.138. The largest absolute Gasteiger partial charge is 0.481 e. The van der Waals surface area contributed by atoms with Gasteiger partial charge < -0.3 is 5.11 Å². The molecule has 0 aliphatic heterocycles. The third-order valence-corrected chi connectivity index (χ3v) is 5.23. The van der Waals surface area contributed by atoms with Gasteiger partial charge in [-0.15, -0.1) is 0 Å². The summed E-state index contributed by atoms with van der Waals surface area (Å²) < 4.78 is 0. The summed E-state index contributed by atoms with van der Waals surface area (Å²) in [5, 5.41) is 8.85. The van der Waals surface area contributed by atoms with Gasteiger partial charge in [-0.25, -0.2) is 0 Å². The summed E-state index contributed by atoms with van der Waals surface area (Å²) in [5.41, 5.74) is 4.61. The molecule has 30 heavy (non-hydrogen) atoms. The van der Waals surface area contributed by atoms with Gasteiger partial charge in [0.1, 0.15) is 5.78 Å². The van der Waals surface area contributed by atoms with E-state index in [1.165, 1.54) is 11.1 Å². The monoisotopic (exact) mass is 410 g/mol. The van der Waals surface area contributed by atoms with E-state index in [9.17, 15) is 9.59 Å². The Labute approximate surface area is 182 Å². The molecule has 0 bridgehead atoms. The van der Waals surface area contributed by atoms with Gasteiger partial charge in [-0.2, -0.15) is 0 Å². The van der Waals surface area contributed by atoms with E-state index < -0.39 is 11.9 Å². The van der Waals surface area contributed by atoms with Crippen LogP contribution in [0.1, 0.15) is 82.6 Å². The first-order valence-corrected chi connectivity index (χ1v) is 10.9. The number of aliphatic carboxylic acids is 1. The van der Waals surface area contributed by atoms with Gasteiger partial charge in [0.05, 0.1) is 5.92 Å². The van der Waals surface area contributed by atoms with Crippen LogP contribution in [0.2, 0.25) is 0 Å². The third-order valence-electron chi connectivity index (χ3n) is 5.23. The summed E-state index contributed by atoms with van der Waals surface area (Å²) >= 11 is 0. The molecule has 0 saturated heterocycles. The number of rotatable bonds is 8. The van der Waals surface area contributed by atoms with Crippen LogP contribution in [-0.2, 0) is 22.4 Å². The predicted octanol–water partition coefficient (Wildman–Crippen LogP) is 6.65. The van der Waals surface area contributed by atoms with E-state index in [0.717, 1.165) is 24.0 Å². The van der Waals surface area contributed by atoms with Gasteiger partial charge >= 0.3 is 5.97 Å². The molecule has 0 fully saturated rings. The van der Waals surface area contributed by atoms with Crippen LogP contribution in [0.5, 0.6) is 0 Å². The summed E-state index contributed by atoms with van der Waals surface area (Å²) in [6.45, 7) is 14.1. The van der Waals surface area contributed by atoms with Crippen molar-refractivity contribution in [3.63, 3.8) is 0 Å². The molecular weight excluding hydrogens is 372 g/mol. The molecule has 1 N–H and O–H groups in total. The fourth-order valence-electron chi connectivity index (χ4n) is 3.20. The lowest BCUT2D eigenvalue weighted by Crippen LogP contribution is -2.07. The maximum Gasteiger partial charge on any atom is 0.310 e. The summed E-state index contributed by atoms with van der Waals surface area (Å²) in [6, 6.07) is 16.3. The first-order chi connectivity index (χ1) is 14.0. The van der Waals surface area contributed by atoms with Crippen molar-refractivity contribution in [1.29, 1.82) is 0 Å². The van der Waals surface area contributed by atoms with Crippen LogP contribution in [0.4, 0.5) is 0 Å². The minimum Gasteiger partial charge on any atom is -0.481 e. The highest BCUT2D eigenvalue weighted by Crippen LogP contribution is 2.18. The van der Waals surface area contributed by atoms with Crippen LogP contribution in [0.3, 0.4) is 0 Å². The first-order valence-electron chi connectivity index (χ1n) is 10.9. The number of hydrogen-bond acceptors (Lipinski definition) is 2. The fourth-order valence-corrected chi connectivity index (χ4v) is 3.20. The van der Waals surface area contributed by atoms with E-state index in [4.69, 9.17) is 5.11 Å².